The molecular formula is C26H32F2N2O4S. The molecule has 0 bridgehead atoms. The molecule has 0 aliphatic heterocycles. The van der Waals surface area contributed by atoms with E-state index in [1.165, 1.54) is 0 Å². The fourth-order valence-corrected chi connectivity index (χ4v) is 4.97. The number of aliphatic hydroxyl groups excluding tert-OH is 1. The van der Waals surface area contributed by atoms with Crippen molar-refractivity contribution in [2.24, 2.45) is 0 Å². The number of rotatable bonds is 14. The van der Waals surface area contributed by atoms with Crippen LogP contribution >= 0.6 is 0 Å². The van der Waals surface area contributed by atoms with Crippen molar-refractivity contribution in [3.63, 3.8) is 0 Å². The number of nitrogens with one attached hydrogen (secondary N) is 2. The molecule has 0 heterocycles. The summed E-state index contributed by atoms with van der Waals surface area (Å²) in [6.45, 7) is 2.35. The number of carbonyl (C=O) groups excluding carboxylic acids is 1. The molecule has 2 aromatic rings. The van der Waals surface area contributed by atoms with Gasteiger partial charge in [-0.05, 0) is 48.2 Å². The molecule has 0 radical (unpaired) electrons. The van der Waals surface area contributed by atoms with E-state index in [0.717, 1.165) is 35.7 Å². The van der Waals surface area contributed by atoms with Gasteiger partial charge in [-0.3, -0.25) is 4.79 Å². The second kappa shape index (κ2) is 13.9. The molecule has 2 aromatic carbocycles. The average molecular weight is 507 g/mol. The standard InChI is InChI=1S/C26H32F2N2O4S/c1-3-5-10-35(33,34)11-9-26(32)30-24(15-21-13-22(27)16-23(28)14-21)25(31)18-29-17-20-8-6-7-19(4-2)12-20/h2,6-8,12-14,16,24-25,29,31H,3,5,9-11,15,17-18H2,1H3,(H,30,32)/t24-,25+/m0/s1. The Bertz CT molecular complexity index is 1110. The lowest BCUT2D eigenvalue weighted by molar-refractivity contribution is -0.122. The van der Waals surface area contributed by atoms with E-state index in [1.807, 2.05) is 25.1 Å². The predicted molar refractivity (Wildman–Crippen MR) is 132 cm³/mol. The Morgan fingerprint density at radius 2 is 1.83 bits per heavy atom. The van der Waals surface area contributed by atoms with Crippen LogP contribution in [0.25, 0.3) is 0 Å². The highest BCUT2D eigenvalue weighted by atomic mass is 32.2. The van der Waals surface area contributed by atoms with Gasteiger partial charge in [0.25, 0.3) is 0 Å². The first-order valence-electron chi connectivity index (χ1n) is 11.5. The summed E-state index contributed by atoms with van der Waals surface area (Å²) in [5.74, 6) is 0.149. The molecule has 2 atom stereocenters. The fraction of sp³-hybridized carbons (Fsp3) is 0.423. The topological polar surface area (TPSA) is 95.5 Å². The molecule has 0 aliphatic carbocycles. The highest BCUT2D eigenvalue weighted by Gasteiger charge is 2.23. The Hall–Kier alpha value is -2.80. The van der Waals surface area contributed by atoms with Crippen LogP contribution in [0, 0.1) is 24.0 Å². The van der Waals surface area contributed by atoms with Crippen molar-refractivity contribution in [1.29, 1.82) is 0 Å². The predicted octanol–water partition coefficient (Wildman–Crippen LogP) is 2.73. The van der Waals surface area contributed by atoms with Crippen LogP contribution in [-0.2, 0) is 27.6 Å². The molecule has 3 N–H and O–H groups in total. The van der Waals surface area contributed by atoms with E-state index < -0.39 is 39.5 Å². The average Bonchev–Trinajstić information content (AvgIpc) is 2.80. The van der Waals surface area contributed by atoms with E-state index in [1.54, 1.807) is 6.07 Å². The van der Waals surface area contributed by atoms with Crippen molar-refractivity contribution in [3.05, 3.63) is 70.8 Å². The van der Waals surface area contributed by atoms with Gasteiger partial charge in [0, 0.05) is 31.1 Å². The third-order valence-electron chi connectivity index (χ3n) is 5.41. The number of aliphatic hydroxyl groups is 1. The Morgan fingerprint density at radius 3 is 2.49 bits per heavy atom. The van der Waals surface area contributed by atoms with Gasteiger partial charge in [-0.25, -0.2) is 17.2 Å². The number of unbranched alkanes of at least 4 members (excludes halogenated alkanes) is 1. The molecule has 6 nitrogen and oxygen atoms in total. The maximum Gasteiger partial charge on any atom is 0.221 e. The molecular weight excluding hydrogens is 474 g/mol. The Balaban J connectivity index is 2.04. The molecule has 0 aromatic heterocycles. The van der Waals surface area contributed by atoms with Crippen LogP contribution in [0.15, 0.2) is 42.5 Å². The molecule has 2 rings (SSSR count). The SMILES string of the molecule is C#Cc1cccc(CNC[C@@H](O)[C@H](Cc2cc(F)cc(F)c2)NC(=O)CCS(=O)(=O)CCCC)c1. The van der Waals surface area contributed by atoms with Gasteiger partial charge in [-0.2, -0.15) is 0 Å². The first-order chi connectivity index (χ1) is 16.6. The fourth-order valence-electron chi connectivity index (χ4n) is 3.54. The number of halogens is 2. The summed E-state index contributed by atoms with van der Waals surface area (Å²) < 4.78 is 51.5. The van der Waals surface area contributed by atoms with Crippen molar-refractivity contribution >= 4 is 15.7 Å². The molecule has 0 spiro atoms. The van der Waals surface area contributed by atoms with E-state index in [9.17, 15) is 27.1 Å². The third-order valence-corrected chi connectivity index (χ3v) is 7.15. The number of hydrogen-bond acceptors (Lipinski definition) is 5. The summed E-state index contributed by atoms with van der Waals surface area (Å²) in [6.07, 6.45) is 5.23. The zero-order chi connectivity index (χ0) is 25.8. The first kappa shape index (κ1) is 28.4. The highest BCUT2D eigenvalue weighted by Crippen LogP contribution is 2.13. The summed E-state index contributed by atoms with van der Waals surface area (Å²) >= 11 is 0. The van der Waals surface area contributed by atoms with Crippen molar-refractivity contribution in [1.82, 2.24) is 10.6 Å². The molecule has 0 unspecified atom stereocenters. The molecule has 9 heteroatoms. The monoisotopic (exact) mass is 506 g/mol. The largest absolute Gasteiger partial charge is 0.390 e. The molecule has 0 saturated heterocycles. The minimum atomic E-state index is -3.36. The Morgan fingerprint density at radius 1 is 1.11 bits per heavy atom. The summed E-state index contributed by atoms with van der Waals surface area (Å²) in [4.78, 5) is 12.5. The molecule has 0 aliphatic rings. The van der Waals surface area contributed by atoms with Crippen molar-refractivity contribution < 1.29 is 27.1 Å². The Labute approximate surface area is 206 Å². The van der Waals surface area contributed by atoms with Gasteiger partial charge < -0.3 is 15.7 Å². The van der Waals surface area contributed by atoms with Crippen LogP contribution in [0.4, 0.5) is 8.78 Å². The van der Waals surface area contributed by atoms with E-state index >= 15 is 0 Å². The third kappa shape index (κ3) is 10.6. The minimum absolute atomic E-state index is 0.0101. The molecule has 190 valence electrons. The van der Waals surface area contributed by atoms with Crippen molar-refractivity contribution in [2.75, 3.05) is 18.1 Å². The van der Waals surface area contributed by atoms with E-state index in [-0.39, 0.29) is 36.5 Å². The maximum absolute atomic E-state index is 13.7. The van der Waals surface area contributed by atoms with Crippen LogP contribution < -0.4 is 10.6 Å². The van der Waals surface area contributed by atoms with Crippen molar-refractivity contribution in [2.45, 2.75) is 51.3 Å². The Kier molecular flexibility index (Phi) is 11.3. The zero-order valence-corrected chi connectivity index (χ0v) is 20.6. The molecule has 1 amide bonds. The normalized spacial score (nSPS) is 13.1. The lowest BCUT2D eigenvalue weighted by Crippen LogP contribution is -2.49. The smallest absolute Gasteiger partial charge is 0.221 e. The van der Waals surface area contributed by atoms with Gasteiger partial charge in [0.05, 0.1) is 23.7 Å². The van der Waals surface area contributed by atoms with Gasteiger partial charge in [-0.15, -0.1) is 6.42 Å². The van der Waals surface area contributed by atoms with Crippen LogP contribution in [0.3, 0.4) is 0 Å². The molecule has 0 fully saturated rings. The number of terminal acetylenes is 1. The zero-order valence-electron chi connectivity index (χ0n) is 19.8. The van der Waals surface area contributed by atoms with Crippen LogP contribution in [0.5, 0.6) is 0 Å². The van der Waals surface area contributed by atoms with Crippen LogP contribution in [-0.4, -0.2) is 49.6 Å². The van der Waals surface area contributed by atoms with Crippen LogP contribution in [0.2, 0.25) is 0 Å². The van der Waals surface area contributed by atoms with Gasteiger partial charge in [0.15, 0.2) is 9.84 Å². The minimum Gasteiger partial charge on any atom is -0.390 e. The number of carbonyl (C=O) groups is 1. The summed E-state index contributed by atoms with van der Waals surface area (Å²) in [5.41, 5.74) is 1.87. The number of amides is 1. The highest BCUT2D eigenvalue weighted by molar-refractivity contribution is 7.91. The lowest BCUT2D eigenvalue weighted by Gasteiger charge is -2.25. The second-order valence-corrected chi connectivity index (χ2v) is 10.8. The lowest BCUT2D eigenvalue weighted by atomic mass is 10.0. The van der Waals surface area contributed by atoms with Gasteiger partial charge in [-0.1, -0.05) is 31.4 Å². The van der Waals surface area contributed by atoms with Crippen molar-refractivity contribution in [3.8, 4) is 12.3 Å². The van der Waals surface area contributed by atoms with Gasteiger partial charge >= 0.3 is 0 Å². The van der Waals surface area contributed by atoms with Gasteiger partial charge in [0.2, 0.25) is 5.91 Å². The quantitative estimate of drug-likeness (QED) is 0.343. The van der Waals surface area contributed by atoms with Gasteiger partial charge in [0.1, 0.15) is 11.6 Å². The second-order valence-electron chi connectivity index (χ2n) is 8.45. The summed E-state index contributed by atoms with van der Waals surface area (Å²) in [6, 6.07) is 9.41. The molecule has 35 heavy (non-hydrogen) atoms. The van der Waals surface area contributed by atoms with E-state index in [2.05, 4.69) is 16.6 Å². The number of hydrogen-bond donors (Lipinski definition) is 3. The molecule has 0 saturated carbocycles. The summed E-state index contributed by atoms with van der Waals surface area (Å²) in [7, 11) is -3.36. The van der Waals surface area contributed by atoms with Crippen LogP contribution in [0.1, 0.15) is 42.9 Å². The number of sulfone groups is 1. The van der Waals surface area contributed by atoms with E-state index in [4.69, 9.17) is 6.42 Å². The summed E-state index contributed by atoms with van der Waals surface area (Å²) in [5, 5.41) is 16.5. The number of benzene rings is 2. The first-order valence-corrected chi connectivity index (χ1v) is 13.3. The van der Waals surface area contributed by atoms with E-state index in [0.29, 0.717) is 13.0 Å². The maximum atomic E-state index is 13.7.